The van der Waals surface area contributed by atoms with Gasteiger partial charge in [0.15, 0.2) is 5.78 Å². The van der Waals surface area contributed by atoms with Gasteiger partial charge in [0.05, 0.1) is 17.4 Å². The van der Waals surface area contributed by atoms with Gasteiger partial charge in [-0.15, -0.1) is 0 Å². The number of nitrogens with zero attached hydrogens (tertiary/aromatic N) is 2. The summed E-state index contributed by atoms with van der Waals surface area (Å²) in [4.78, 5) is 71.0. The molecule has 1 heterocycles. The first kappa shape index (κ1) is 39.5. The number of nitrogens with one attached hydrogen (secondary N) is 1. The van der Waals surface area contributed by atoms with Crippen molar-refractivity contribution < 1.29 is 33.8 Å². The van der Waals surface area contributed by atoms with Crippen molar-refractivity contribution in [1.29, 1.82) is 0 Å². The number of hydrogen-bond donors (Lipinski definition) is 2. The number of aliphatic carboxylic acids is 1. The number of hydrogen-bond acceptors (Lipinski definition) is 7. The van der Waals surface area contributed by atoms with E-state index < -0.39 is 22.8 Å². The van der Waals surface area contributed by atoms with Crippen LogP contribution in [0.1, 0.15) is 120 Å². The maximum Gasteiger partial charge on any atom is 0.309 e. The Kier molecular flexibility index (Phi) is 10.0. The summed E-state index contributed by atoms with van der Waals surface area (Å²) in [6.07, 6.45) is 8.25. The molecule has 0 spiro atoms. The fraction of sp³-hybridized carbons (Fsp3) is 0.841. The molecule has 54 heavy (non-hydrogen) atoms. The van der Waals surface area contributed by atoms with Crippen LogP contribution in [0.2, 0.25) is 0 Å². The van der Waals surface area contributed by atoms with E-state index in [1.165, 1.54) is 5.57 Å². The summed E-state index contributed by atoms with van der Waals surface area (Å²) in [7, 11) is 2.05. The average molecular weight is 750 g/mol. The molecule has 6 fully saturated rings. The molecule has 10 heteroatoms. The molecule has 1 saturated heterocycles. The minimum atomic E-state index is -1.24. The number of ketones is 1. The molecule has 0 aromatic rings. The number of allylic oxidation sites excluding steroid dienone is 1. The molecule has 2 N–H and O–H groups in total. The Morgan fingerprint density at radius 3 is 2.13 bits per heavy atom. The zero-order valence-corrected chi connectivity index (χ0v) is 34.5. The molecule has 12 atom stereocenters. The van der Waals surface area contributed by atoms with Gasteiger partial charge in [-0.3, -0.25) is 24.0 Å². The minimum Gasteiger partial charge on any atom is -0.481 e. The number of Topliss-reactive ketones (excluding diaryl/α,β-unsaturated/α-hetero) is 1. The van der Waals surface area contributed by atoms with Crippen LogP contribution in [0.3, 0.4) is 0 Å². The topological polar surface area (TPSA) is 133 Å². The lowest BCUT2D eigenvalue weighted by Crippen LogP contribution is -2.64. The molecule has 0 radical (unpaired) electrons. The largest absolute Gasteiger partial charge is 0.481 e. The van der Waals surface area contributed by atoms with Crippen LogP contribution >= 0.6 is 0 Å². The SMILES string of the molecule is CC(C)C1=C2C3CCC4C(C)(CCC5C(C)C(OC(=O)C6CC(C(=O)O)C6C)CCC54C)C3CCC2(NC(=O)C(C)(C)C(=O)N2CCN(C)CC2)CC1=O. The Bertz CT molecular complexity index is 1610. The number of ether oxygens (including phenoxy) is 1. The Balaban J connectivity index is 1.10. The van der Waals surface area contributed by atoms with E-state index >= 15 is 0 Å². The normalized spacial score (nSPS) is 42.3. The van der Waals surface area contributed by atoms with Crippen molar-refractivity contribution in [3.8, 4) is 0 Å². The van der Waals surface area contributed by atoms with E-state index in [4.69, 9.17) is 4.74 Å². The zero-order chi connectivity index (χ0) is 39.3. The minimum absolute atomic E-state index is 0.0561. The number of carboxylic acid groups (broad SMARTS) is 1. The van der Waals surface area contributed by atoms with Gasteiger partial charge in [0.2, 0.25) is 11.8 Å². The first-order valence-corrected chi connectivity index (χ1v) is 21.3. The number of carbonyl (C=O) groups is 5. The lowest BCUT2D eigenvalue weighted by atomic mass is 9.38. The van der Waals surface area contributed by atoms with E-state index in [2.05, 4.69) is 51.9 Å². The third-order valence-corrected chi connectivity index (χ3v) is 17.0. The highest BCUT2D eigenvalue weighted by Crippen LogP contribution is 2.70. The Morgan fingerprint density at radius 1 is 0.870 bits per heavy atom. The molecule has 10 nitrogen and oxygen atoms in total. The van der Waals surface area contributed by atoms with Crippen LogP contribution in [-0.2, 0) is 28.7 Å². The molecule has 0 aromatic heterocycles. The standard InChI is InChI=1S/C44H67N3O7/c1-24(2)35-32(48)23-44(45-39(52)41(5,6)40(53)47-20-18-46(9)19-21-47)17-13-31-27(36(35)44)10-11-34-42(7)16-14-33(26(4)30(42)12-15-43(31,34)8)54-38(51)29-22-28(25(29)3)37(49)50/h24-31,33-34H,10-23H2,1-9H3,(H,45,52)(H,49,50). The molecular formula is C44H67N3O7. The molecule has 0 aromatic carbocycles. The maximum atomic E-state index is 14.3. The third-order valence-electron chi connectivity index (χ3n) is 17.0. The van der Waals surface area contributed by atoms with Crippen LogP contribution in [0, 0.1) is 69.5 Å². The monoisotopic (exact) mass is 749 g/mol. The number of carboxylic acids is 1. The van der Waals surface area contributed by atoms with Gasteiger partial charge < -0.3 is 25.0 Å². The van der Waals surface area contributed by atoms with Crippen LogP contribution in [0.15, 0.2) is 11.1 Å². The molecular weight excluding hydrogens is 682 g/mol. The Hall–Kier alpha value is -2.75. The first-order chi connectivity index (χ1) is 25.3. The number of piperazine rings is 1. The van der Waals surface area contributed by atoms with E-state index in [0.29, 0.717) is 37.3 Å². The maximum absolute atomic E-state index is 14.3. The molecule has 7 aliphatic rings. The molecule has 0 bridgehead atoms. The van der Waals surface area contributed by atoms with Crippen molar-refractivity contribution in [3.63, 3.8) is 0 Å². The highest BCUT2D eigenvalue weighted by Gasteiger charge is 2.65. The van der Waals surface area contributed by atoms with Gasteiger partial charge in [-0.2, -0.15) is 0 Å². The number of amides is 2. The molecule has 5 saturated carbocycles. The lowest BCUT2D eigenvalue weighted by molar-refractivity contribution is -0.196. The number of esters is 1. The van der Waals surface area contributed by atoms with Crippen molar-refractivity contribution in [1.82, 2.24) is 15.1 Å². The van der Waals surface area contributed by atoms with Crippen LogP contribution < -0.4 is 5.32 Å². The van der Waals surface area contributed by atoms with Crippen molar-refractivity contribution in [2.24, 2.45) is 69.5 Å². The van der Waals surface area contributed by atoms with Gasteiger partial charge in [-0.1, -0.05) is 41.5 Å². The number of likely N-dealkylation sites (N-methyl/N-ethyl adjacent to an activating group) is 1. The predicted molar refractivity (Wildman–Crippen MR) is 205 cm³/mol. The van der Waals surface area contributed by atoms with Gasteiger partial charge in [-0.05, 0) is 142 Å². The first-order valence-electron chi connectivity index (χ1n) is 21.3. The van der Waals surface area contributed by atoms with E-state index in [0.717, 1.165) is 70.0 Å². The van der Waals surface area contributed by atoms with Gasteiger partial charge in [0, 0.05) is 32.6 Å². The molecule has 7 rings (SSSR count). The van der Waals surface area contributed by atoms with Crippen LogP contribution in [-0.4, -0.2) is 89.3 Å². The van der Waals surface area contributed by atoms with E-state index in [9.17, 15) is 29.1 Å². The molecule has 6 aliphatic carbocycles. The third kappa shape index (κ3) is 6.00. The average Bonchev–Trinajstić information content (AvgIpc) is 3.40. The van der Waals surface area contributed by atoms with Crippen LogP contribution in [0.25, 0.3) is 0 Å². The number of carbonyl (C=O) groups excluding carboxylic acids is 4. The van der Waals surface area contributed by atoms with Crippen molar-refractivity contribution in [3.05, 3.63) is 11.1 Å². The molecule has 1 aliphatic heterocycles. The summed E-state index contributed by atoms with van der Waals surface area (Å²) in [6.45, 7) is 19.7. The highest BCUT2D eigenvalue weighted by atomic mass is 16.5. The Labute approximate surface area is 322 Å². The fourth-order valence-electron chi connectivity index (χ4n) is 13.7. The summed E-state index contributed by atoms with van der Waals surface area (Å²) in [5.41, 5.74) is 0.307. The van der Waals surface area contributed by atoms with Gasteiger partial charge in [-0.25, -0.2) is 0 Å². The van der Waals surface area contributed by atoms with Crippen LogP contribution in [0.5, 0.6) is 0 Å². The van der Waals surface area contributed by atoms with E-state index in [-0.39, 0.29) is 76.5 Å². The second-order valence-corrected chi connectivity index (χ2v) is 20.4. The number of fused-ring (bicyclic) bond motifs is 7. The summed E-state index contributed by atoms with van der Waals surface area (Å²) >= 11 is 0. The second-order valence-electron chi connectivity index (χ2n) is 20.4. The van der Waals surface area contributed by atoms with Gasteiger partial charge in [0.25, 0.3) is 0 Å². The predicted octanol–water partition coefficient (Wildman–Crippen LogP) is 6.12. The fourth-order valence-corrected chi connectivity index (χ4v) is 13.7. The summed E-state index contributed by atoms with van der Waals surface area (Å²) in [5, 5.41) is 12.9. The van der Waals surface area contributed by atoms with Crippen molar-refractivity contribution in [2.45, 2.75) is 131 Å². The molecule has 2 amide bonds. The van der Waals surface area contributed by atoms with Gasteiger partial charge >= 0.3 is 11.9 Å². The van der Waals surface area contributed by atoms with E-state index in [1.54, 1.807) is 13.8 Å². The molecule has 12 unspecified atom stereocenters. The van der Waals surface area contributed by atoms with E-state index in [1.807, 2.05) is 11.8 Å². The summed E-state index contributed by atoms with van der Waals surface area (Å²) in [6, 6.07) is 0. The van der Waals surface area contributed by atoms with Crippen LogP contribution in [0.4, 0.5) is 0 Å². The Morgan fingerprint density at radius 2 is 1.50 bits per heavy atom. The van der Waals surface area contributed by atoms with Crippen molar-refractivity contribution in [2.75, 3.05) is 33.2 Å². The number of rotatable bonds is 7. The second kappa shape index (κ2) is 13.7. The molecule has 300 valence electrons. The summed E-state index contributed by atoms with van der Waals surface area (Å²) in [5.74, 6) is -0.414. The van der Waals surface area contributed by atoms with Crippen molar-refractivity contribution >= 4 is 29.5 Å². The lowest BCUT2D eigenvalue weighted by Gasteiger charge is -2.67. The quantitative estimate of drug-likeness (QED) is 0.235. The highest BCUT2D eigenvalue weighted by molar-refractivity contribution is 6.06. The van der Waals surface area contributed by atoms with Gasteiger partial charge in [0.1, 0.15) is 11.5 Å². The smallest absolute Gasteiger partial charge is 0.309 e. The zero-order valence-electron chi connectivity index (χ0n) is 34.5. The summed E-state index contributed by atoms with van der Waals surface area (Å²) < 4.78 is 6.23.